The first kappa shape index (κ1) is 14.6. The van der Waals surface area contributed by atoms with Crippen LogP contribution in [0.4, 0.5) is 0 Å². The van der Waals surface area contributed by atoms with Gasteiger partial charge in [0.25, 0.3) is 5.91 Å². The molecule has 0 aliphatic carbocycles. The standard InChI is InChI=1S/C14H16ClN3O2/c1-10(19)5-6-16-14(20)11-8-17-18(9-11)13-4-2-3-12(15)7-13/h2-4,7-10,19H,5-6H2,1H3,(H,16,20)/t10-/m0/s1. The van der Waals surface area contributed by atoms with Gasteiger partial charge in [-0.05, 0) is 31.5 Å². The van der Waals surface area contributed by atoms with Crippen LogP contribution in [0.15, 0.2) is 36.7 Å². The molecule has 0 bridgehead atoms. The van der Waals surface area contributed by atoms with Gasteiger partial charge in [-0.2, -0.15) is 5.10 Å². The molecule has 2 rings (SSSR count). The molecule has 6 heteroatoms. The number of hydrogen-bond acceptors (Lipinski definition) is 3. The van der Waals surface area contributed by atoms with Gasteiger partial charge in [-0.25, -0.2) is 4.68 Å². The van der Waals surface area contributed by atoms with Crippen molar-refractivity contribution in [2.45, 2.75) is 19.4 Å². The second kappa shape index (κ2) is 6.54. The second-order valence-electron chi connectivity index (χ2n) is 4.55. The lowest BCUT2D eigenvalue weighted by Crippen LogP contribution is -2.26. The number of hydrogen-bond donors (Lipinski definition) is 2. The summed E-state index contributed by atoms with van der Waals surface area (Å²) in [5.41, 5.74) is 1.26. The van der Waals surface area contributed by atoms with Crippen LogP contribution in [0, 0.1) is 0 Å². The summed E-state index contributed by atoms with van der Waals surface area (Å²) in [6, 6.07) is 7.22. The van der Waals surface area contributed by atoms with Gasteiger partial charge < -0.3 is 10.4 Å². The Hall–Kier alpha value is -1.85. The Kier molecular flexibility index (Phi) is 4.76. The third kappa shape index (κ3) is 3.82. The average molecular weight is 294 g/mol. The Morgan fingerprint density at radius 2 is 2.35 bits per heavy atom. The Morgan fingerprint density at radius 1 is 1.55 bits per heavy atom. The molecule has 0 aliphatic heterocycles. The van der Waals surface area contributed by atoms with Crippen molar-refractivity contribution in [2.75, 3.05) is 6.54 Å². The van der Waals surface area contributed by atoms with E-state index in [-0.39, 0.29) is 5.91 Å². The first-order chi connectivity index (χ1) is 9.56. The van der Waals surface area contributed by atoms with Crippen molar-refractivity contribution >= 4 is 17.5 Å². The van der Waals surface area contributed by atoms with Crippen LogP contribution < -0.4 is 5.32 Å². The Balaban J connectivity index is 2.03. The zero-order valence-electron chi connectivity index (χ0n) is 11.1. The summed E-state index contributed by atoms with van der Waals surface area (Å²) < 4.78 is 1.59. The van der Waals surface area contributed by atoms with Crippen LogP contribution in [0.5, 0.6) is 0 Å². The molecule has 0 saturated heterocycles. The SMILES string of the molecule is C[C@H](O)CCNC(=O)c1cnn(-c2cccc(Cl)c2)c1. The fraction of sp³-hybridized carbons (Fsp3) is 0.286. The van der Waals surface area contributed by atoms with Crippen LogP contribution in [0.25, 0.3) is 5.69 Å². The predicted octanol–water partition coefficient (Wildman–Crippen LogP) is 2.03. The third-order valence-electron chi connectivity index (χ3n) is 2.77. The molecule has 0 spiro atoms. The van der Waals surface area contributed by atoms with Crippen LogP contribution in [-0.4, -0.2) is 33.4 Å². The van der Waals surface area contributed by atoms with Crippen LogP contribution in [0.3, 0.4) is 0 Å². The summed E-state index contributed by atoms with van der Waals surface area (Å²) in [7, 11) is 0. The number of nitrogens with one attached hydrogen (secondary N) is 1. The molecular formula is C14H16ClN3O2. The maximum absolute atomic E-state index is 11.9. The highest BCUT2D eigenvalue weighted by Gasteiger charge is 2.09. The summed E-state index contributed by atoms with van der Waals surface area (Å²) >= 11 is 5.92. The van der Waals surface area contributed by atoms with Crippen LogP contribution in [-0.2, 0) is 0 Å². The number of amides is 1. The van der Waals surface area contributed by atoms with E-state index in [1.807, 2.05) is 12.1 Å². The monoisotopic (exact) mass is 293 g/mol. The number of nitrogens with zero attached hydrogens (tertiary/aromatic N) is 2. The number of rotatable bonds is 5. The maximum atomic E-state index is 11.9. The number of aliphatic hydroxyl groups excluding tert-OH is 1. The van der Waals surface area contributed by atoms with Gasteiger partial charge in [0, 0.05) is 17.8 Å². The lowest BCUT2D eigenvalue weighted by molar-refractivity contribution is 0.0945. The van der Waals surface area contributed by atoms with E-state index in [0.29, 0.717) is 23.6 Å². The van der Waals surface area contributed by atoms with E-state index < -0.39 is 6.10 Å². The second-order valence-corrected chi connectivity index (χ2v) is 4.98. The Morgan fingerprint density at radius 3 is 3.05 bits per heavy atom. The normalized spacial score (nSPS) is 12.2. The minimum Gasteiger partial charge on any atom is -0.393 e. The molecule has 1 aromatic carbocycles. The molecule has 1 amide bonds. The molecule has 106 valence electrons. The molecular weight excluding hydrogens is 278 g/mol. The smallest absolute Gasteiger partial charge is 0.254 e. The van der Waals surface area contributed by atoms with Gasteiger partial charge in [0.15, 0.2) is 0 Å². The predicted molar refractivity (Wildman–Crippen MR) is 77.2 cm³/mol. The maximum Gasteiger partial charge on any atom is 0.254 e. The minimum absolute atomic E-state index is 0.209. The lowest BCUT2D eigenvalue weighted by atomic mass is 10.2. The van der Waals surface area contributed by atoms with Gasteiger partial charge in [0.2, 0.25) is 0 Å². The van der Waals surface area contributed by atoms with E-state index in [1.54, 1.807) is 29.9 Å². The Bertz CT molecular complexity index is 596. The first-order valence-corrected chi connectivity index (χ1v) is 6.71. The van der Waals surface area contributed by atoms with Crippen molar-refractivity contribution in [3.63, 3.8) is 0 Å². The van der Waals surface area contributed by atoms with Crippen LogP contribution in [0.2, 0.25) is 5.02 Å². The molecule has 1 atom stereocenters. The third-order valence-corrected chi connectivity index (χ3v) is 3.00. The van der Waals surface area contributed by atoms with E-state index >= 15 is 0 Å². The van der Waals surface area contributed by atoms with Gasteiger partial charge in [-0.15, -0.1) is 0 Å². The van der Waals surface area contributed by atoms with Gasteiger partial charge >= 0.3 is 0 Å². The number of carbonyl (C=O) groups excluding carboxylic acids is 1. The molecule has 2 N–H and O–H groups in total. The fourth-order valence-electron chi connectivity index (χ4n) is 1.70. The lowest BCUT2D eigenvalue weighted by Gasteiger charge is -2.05. The van der Waals surface area contributed by atoms with Crippen molar-refractivity contribution in [2.24, 2.45) is 0 Å². The molecule has 0 aliphatic rings. The molecule has 0 fully saturated rings. The van der Waals surface area contributed by atoms with Crippen LogP contribution in [0.1, 0.15) is 23.7 Å². The molecule has 20 heavy (non-hydrogen) atoms. The number of benzene rings is 1. The van der Waals surface area contributed by atoms with Crippen LogP contribution >= 0.6 is 11.6 Å². The minimum atomic E-state index is -0.426. The summed E-state index contributed by atoms with van der Waals surface area (Å²) in [5, 5.41) is 16.6. The van der Waals surface area contributed by atoms with E-state index in [9.17, 15) is 4.79 Å². The molecule has 2 aromatic rings. The van der Waals surface area contributed by atoms with Gasteiger partial charge in [0.1, 0.15) is 0 Å². The van der Waals surface area contributed by atoms with Gasteiger partial charge in [-0.1, -0.05) is 17.7 Å². The highest BCUT2D eigenvalue weighted by Crippen LogP contribution is 2.14. The number of aromatic nitrogens is 2. The van der Waals surface area contributed by atoms with Crippen molar-refractivity contribution in [3.8, 4) is 5.69 Å². The summed E-state index contributed by atoms with van der Waals surface area (Å²) in [6.45, 7) is 2.11. The fourth-order valence-corrected chi connectivity index (χ4v) is 1.88. The molecule has 0 radical (unpaired) electrons. The zero-order valence-corrected chi connectivity index (χ0v) is 11.8. The zero-order chi connectivity index (χ0) is 14.5. The number of aliphatic hydroxyl groups is 1. The quantitative estimate of drug-likeness (QED) is 0.886. The highest BCUT2D eigenvalue weighted by atomic mass is 35.5. The largest absolute Gasteiger partial charge is 0.393 e. The van der Waals surface area contributed by atoms with E-state index in [2.05, 4.69) is 10.4 Å². The molecule has 5 nitrogen and oxygen atoms in total. The van der Waals surface area contributed by atoms with Crippen molar-refractivity contribution in [1.82, 2.24) is 15.1 Å². The molecule has 0 unspecified atom stereocenters. The number of halogens is 1. The van der Waals surface area contributed by atoms with Crippen molar-refractivity contribution in [1.29, 1.82) is 0 Å². The van der Waals surface area contributed by atoms with Crippen molar-refractivity contribution in [3.05, 3.63) is 47.2 Å². The van der Waals surface area contributed by atoms with Gasteiger partial charge in [0.05, 0.1) is 23.6 Å². The van der Waals surface area contributed by atoms with E-state index in [1.165, 1.54) is 6.20 Å². The molecule has 0 saturated carbocycles. The Labute approximate surface area is 122 Å². The summed E-state index contributed by atoms with van der Waals surface area (Å²) in [6.07, 6.45) is 3.24. The van der Waals surface area contributed by atoms with Crippen molar-refractivity contribution < 1.29 is 9.90 Å². The summed E-state index contributed by atoms with van der Waals surface area (Å²) in [4.78, 5) is 11.9. The summed E-state index contributed by atoms with van der Waals surface area (Å²) in [5.74, 6) is -0.209. The van der Waals surface area contributed by atoms with E-state index in [0.717, 1.165) is 5.69 Å². The highest BCUT2D eigenvalue weighted by molar-refractivity contribution is 6.30. The van der Waals surface area contributed by atoms with E-state index in [4.69, 9.17) is 16.7 Å². The average Bonchev–Trinajstić information content (AvgIpc) is 2.87. The number of carbonyl (C=O) groups is 1. The first-order valence-electron chi connectivity index (χ1n) is 6.33. The topological polar surface area (TPSA) is 67.2 Å². The molecule has 1 aromatic heterocycles. The molecule has 1 heterocycles. The van der Waals surface area contributed by atoms with Gasteiger partial charge in [-0.3, -0.25) is 4.79 Å².